The molecule has 384 valence electrons. The fourth-order valence-electron chi connectivity index (χ4n) is 8.29. The smallest absolute Gasteiger partial charge is 0.397 e. The topological polar surface area (TPSA) is 178 Å². The van der Waals surface area contributed by atoms with Gasteiger partial charge in [-0.15, -0.1) is 0 Å². The summed E-state index contributed by atoms with van der Waals surface area (Å²) in [5, 5.41) is 30.8. The van der Waals surface area contributed by atoms with Gasteiger partial charge in [0.25, 0.3) is 0 Å². The van der Waals surface area contributed by atoms with Crippen LogP contribution < -0.4 is 0 Å². The van der Waals surface area contributed by atoms with Crippen molar-refractivity contribution in [1.29, 1.82) is 0 Å². The van der Waals surface area contributed by atoms with Crippen molar-refractivity contribution in [3.8, 4) is 0 Å². The molecule has 1 heterocycles. The summed E-state index contributed by atoms with van der Waals surface area (Å²) >= 11 is 0. The molecule has 0 radical (unpaired) electrons. The van der Waals surface area contributed by atoms with E-state index in [-0.39, 0.29) is 19.6 Å². The van der Waals surface area contributed by atoms with E-state index in [9.17, 15) is 33.1 Å². The quantitative estimate of drug-likeness (QED) is 0.0197. The molecule has 0 aliphatic carbocycles. The lowest BCUT2D eigenvalue weighted by atomic mass is 9.99. The maximum Gasteiger partial charge on any atom is 0.397 e. The van der Waals surface area contributed by atoms with Gasteiger partial charge in [-0.1, -0.05) is 212 Å². The zero-order chi connectivity index (χ0) is 47.5. The molecule has 6 atom stereocenters. The first-order valence-corrected chi connectivity index (χ1v) is 28.0. The minimum absolute atomic E-state index is 0.0391. The lowest BCUT2D eigenvalue weighted by Gasteiger charge is -2.41. The third-order valence-corrected chi connectivity index (χ3v) is 12.8. The maximum atomic E-state index is 12.9. The van der Waals surface area contributed by atoms with E-state index in [0.717, 1.165) is 51.4 Å². The number of aliphatic hydroxyl groups excluding tert-OH is 3. The van der Waals surface area contributed by atoms with Crippen molar-refractivity contribution in [2.24, 2.45) is 0 Å². The summed E-state index contributed by atoms with van der Waals surface area (Å²) in [4.78, 5) is 12.9. The monoisotopic (exact) mass is 947 g/mol. The van der Waals surface area contributed by atoms with E-state index >= 15 is 0 Å². The lowest BCUT2D eigenvalue weighted by Crippen LogP contribution is -2.60. The van der Waals surface area contributed by atoms with Gasteiger partial charge in [0, 0.05) is 13.0 Å². The lowest BCUT2D eigenvalue weighted by molar-refractivity contribution is -0.301. The van der Waals surface area contributed by atoms with Gasteiger partial charge >= 0.3 is 16.4 Å². The number of aliphatic hydroxyl groups is 3. The van der Waals surface area contributed by atoms with E-state index in [0.29, 0.717) is 13.0 Å². The van der Waals surface area contributed by atoms with E-state index in [1.54, 1.807) is 0 Å². The molecule has 0 aromatic carbocycles. The number of hydrogen-bond acceptors (Lipinski definition) is 11. The van der Waals surface area contributed by atoms with Crippen molar-refractivity contribution in [2.75, 3.05) is 26.4 Å². The first kappa shape index (κ1) is 61.6. The maximum absolute atomic E-state index is 12.9. The molecule has 0 amide bonds. The van der Waals surface area contributed by atoms with Gasteiger partial charge in [-0.2, -0.15) is 8.42 Å². The molecule has 1 saturated heterocycles. The molecule has 4 N–H and O–H groups in total. The Morgan fingerprint density at radius 3 is 1.49 bits per heavy atom. The Morgan fingerprint density at radius 1 is 0.585 bits per heavy atom. The molecule has 0 saturated carbocycles. The third-order valence-electron chi connectivity index (χ3n) is 12.3. The van der Waals surface area contributed by atoms with Crippen LogP contribution in [0.15, 0.2) is 24.3 Å². The number of allylic oxidation sites excluding steroid dienone is 4. The highest BCUT2D eigenvalue weighted by atomic mass is 32.3. The molecule has 0 spiro atoms. The van der Waals surface area contributed by atoms with Crippen molar-refractivity contribution in [1.82, 2.24) is 0 Å². The molecular formula is C52H98O12S. The Bertz CT molecular complexity index is 1230. The third kappa shape index (κ3) is 37.2. The molecule has 12 nitrogen and oxygen atoms in total. The van der Waals surface area contributed by atoms with Gasteiger partial charge in [0.05, 0.1) is 19.8 Å². The molecule has 0 aromatic rings. The van der Waals surface area contributed by atoms with Crippen molar-refractivity contribution >= 4 is 16.4 Å². The van der Waals surface area contributed by atoms with E-state index in [1.165, 1.54) is 161 Å². The first-order chi connectivity index (χ1) is 31.6. The van der Waals surface area contributed by atoms with Crippen LogP contribution in [0.1, 0.15) is 239 Å². The van der Waals surface area contributed by atoms with Gasteiger partial charge in [-0.25, -0.2) is 4.18 Å². The fraction of sp³-hybridized carbons (Fsp3) is 0.904. The highest BCUT2D eigenvalue weighted by Crippen LogP contribution is 2.26. The second-order valence-corrected chi connectivity index (χ2v) is 19.5. The van der Waals surface area contributed by atoms with Gasteiger partial charge in [0.15, 0.2) is 6.29 Å². The molecule has 13 heteroatoms. The Morgan fingerprint density at radius 2 is 1.02 bits per heavy atom. The molecule has 0 bridgehead atoms. The van der Waals surface area contributed by atoms with E-state index in [4.69, 9.17) is 18.9 Å². The molecule has 1 aliphatic heterocycles. The van der Waals surface area contributed by atoms with Crippen LogP contribution in [0.4, 0.5) is 0 Å². The molecule has 0 aromatic heterocycles. The summed E-state index contributed by atoms with van der Waals surface area (Å²) in [6.07, 6.45) is 42.0. The average molecular weight is 947 g/mol. The minimum Gasteiger partial charge on any atom is -0.457 e. The van der Waals surface area contributed by atoms with Crippen molar-refractivity contribution < 1.29 is 56.2 Å². The van der Waals surface area contributed by atoms with Crippen LogP contribution in [-0.2, 0) is 38.3 Å². The van der Waals surface area contributed by atoms with E-state index < -0.39 is 59.8 Å². The normalized spacial score (nSPS) is 19.8. The standard InChI is InChI=1S/C52H98O12S/c1-3-5-7-9-11-13-15-17-19-21-23-25-27-29-31-33-35-37-39-41-48(54)62-46(45-61-52-50(56)51(64-65(57,58)59)49(55)47(43-53)63-52)44-60-42-40-38-36-34-32-30-28-26-24-22-20-18-16-14-12-10-8-6-4-2/h11,13,17,19,46-47,49-53,55-56H,3-10,12,14-16,18,20-45H2,1-2H3,(H,57,58,59)/b13-11-,19-17-. The zero-order valence-electron chi connectivity index (χ0n) is 41.3. The second-order valence-electron chi connectivity index (χ2n) is 18.5. The van der Waals surface area contributed by atoms with Crippen molar-refractivity contribution in [3.05, 3.63) is 24.3 Å². The molecule has 1 rings (SSSR count). The van der Waals surface area contributed by atoms with E-state index in [1.807, 2.05) is 0 Å². The van der Waals surface area contributed by atoms with Crippen LogP contribution in [0.2, 0.25) is 0 Å². The van der Waals surface area contributed by atoms with Crippen LogP contribution in [0.3, 0.4) is 0 Å². The number of hydrogen-bond donors (Lipinski definition) is 4. The number of ether oxygens (including phenoxy) is 4. The zero-order valence-corrected chi connectivity index (χ0v) is 42.1. The van der Waals surface area contributed by atoms with Gasteiger partial charge in [-0.3, -0.25) is 9.35 Å². The number of carbonyl (C=O) groups is 1. The molecule has 6 unspecified atom stereocenters. The second kappa shape index (κ2) is 43.8. The summed E-state index contributed by atoms with van der Waals surface area (Å²) in [6.45, 7) is 4.01. The van der Waals surface area contributed by atoms with Crippen molar-refractivity contribution in [3.63, 3.8) is 0 Å². The van der Waals surface area contributed by atoms with Crippen molar-refractivity contribution in [2.45, 2.75) is 275 Å². The highest BCUT2D eigenvalue weighted by Gasteiger charge is 2.48. The fourth-order valence-corrected chi connectivity index (χ4v) is 8.80. The molecule has 65 heavy (non-hydrogen) atoms. The number of esters is 1. The summed E-state index contributed by atoms with van der Waals surface area (Å²) in [7, 11) is -5.06. The molecule has 1 aliphatic rings. The first-order valence-electron chi connectivity index (χ1n) is 26.6. The van der Waals surface area contributed by atoms with Crippen LogP contribution in [0.5, 0.6) is 0 Å². The number of carbonyl (C=O) groups excluding carboxylic acids is 1. The van der Waals surface area contributed by atoms with Gasteiger partial charge in [-0.05, 0) is 44.9 Å². The summed E-state index contributed by atoms with van der Waals surface area (Å²) < 4.78 is 59.3. The Kier molecular flexibility index (Phi) is 41.5. The van der Waals surface area contributed by atoms with Gasteiger partial charge < -0.3 is 34.3 Å². The van der Waals surface area contributed by atoms with Crippen LogP contribution in [-0.4, -0.2) is 97.5 Å². The average Bonchev–Trinajstić information content (AvgIpc) is 3.28. The number of rotatable bonds is 47. The summed E-state index contributed by atoms with van der Waals surface area (Å²) in [5.74, 6) is -0.399. The van der Waals surface area contributed by atoms with Crippen LogP contribution in [0, 0.1) is 0 Å². The summed E-state index contributed by atoms with van der Waals surface area (Å²) in [5.41, 5.74) is 0. The number of unbranched alkanes of at least 4 members (excludes halogenated alkanes) is 30. The van der Waals surface area contributed by atoms with E-state index in [2.05, 4.69) is 42.3 Å². The van der Waals surface area contributed by atoms with Crippen LogP contribution in [0.25, 0.3) is 0 Å². The predicted octanol–water partition coefficient (Wildman–Crippen LogP) is 12.4. The van der Waals surface area contributed by atoms with Crippen LogP contribution >= 0.6 is 0 Å². The predicted molar refractivity (Wildman–Crippen MR) is 262 cm³/mol. The Hall–Kier alpha value is -1.42. The SMILES string of the molecule is CCCCC/C=C\C/C=C\CCCCCCCCCCCC(=O)OC(COCCCCCCCCCCCCCCCCCCCCC)COC1OC(CO)C(O)C(OS(=O)(=O)O)C1O. The Labute approximate surface area is 397 Å². The highest BCUT2D eigenvalue weighted by molar-refractivity contribution is 7.80. The largest absolute Gasteiger partial charge is 0.457 e. The molecule has 1 fully saturated rings. The Balaban J connectivity index is 2.34. The van der Waals surface area contributed by atoms with Gasteiger partial charge in [0.1, 0.15) is 30.5 Å². The molecular weight excluding hydrogens is 849 g/mol. The minimum atomic E-state index is -5.06. The summed E-state index contributed by atoms with van der Waals surface area (Å²) in [6, 6.07) is 0. The van der Waals surface area contributed by atoms with Gasteiger partial charge in [0.2, 0.25) is 0 Å².